The van der Waals surface area contributed by atoms with Gasteiger partial charge in [0.25, 0.3) is 0 Å². The molecule has 2 aliphatic heterocycles. The Bertz CT molecular complexity index is 912. The Morgan fingerprint density at radius 1 is 1.00 bits per heavy atom. The van der Waals surface area contributed by atoms with Crippen molar-refractivity contribution >= 4 is 22.5 Å². The van der Waals surface area contributed by atoms with Crippen molar-refractivity contribution in [3.05, 3.63) is 65.4 Å². The fourth-order valence-corrected chi connectivity index (χ4v) is 3.75. The normalized spacial score (nSPS) is 22.6. The zero-order valence-corrected chi connectivity index (χ0v) is 11.9. The van der Waals surface area contributed by atoms with Crippen LogP contribution in [0.3, 0.4) is 0 Å². The summed E-state index contributed by atoms with van der Waals surface area (Å²) in [7, 11) is 0. The van der Waals surface area contributed by atoms with Gasteiger partial charge < -0.3 is 10.3 Å². The minimum Gasteiger partial charge on any atom is -0.358 e. The number of para-hydroxylation sites is 2. The molecule has 2 atom stereocenters. The molecule has 4 nitrogen and oxygen atoms in total. The number of hydrogen-bond donors (Lipinski definition) is 3. The fourth-order valence-electron chi connectivity index (χ4n) is 3.75. The highest BCUT2D eigenvalue weighted by Gasteiger charge is 2.37. The predicted octanol–water partition coefficient (Wildman–Crippen LogP) is 2.72. The lowest BCUT2D eigenvalue weighted by Crippen LogP contribution is -2.45. The van der Waals surface area contributed by atoms with E-state index in [-0.39, 0.29) is 18.0 Å². The second-order valence-corrected chi connectivity index (χ2v) is 6.00. The minimum atomic E-state index is -0.196. The van der Waals surface area contributed by atoms with Gasteiger partial charge in [0.2, 0.25) is 5.91 Å². The minimum absolute atomic E-state index is 0.0410. The Kier molecular flexibility index (Phi) is 2.30. The topological polar surface area (TPSA) is 56.9 Å². The smallest absolute Gasteiger partial charge is 0.241 e. The molecule has 1 aromatic heterocycles. The lowest BCUT2D eigenvalue weighted by Gasteiger charge is -2.28. The van der Waals surface area contributed by atoms with E-state index in [9.17, 15) is 4.79 Å². The van der Waals surface area contributed by atoms with Crippen LogP contribution in [0.4, 0.5) is 5.69 Å². The maximum Gasteiger partial charge on any atom is 0.241 e. The average molecular weight is 289 g/mol. The van der Waals surface area contributed by atoms with Crippen molar-refractivity contribution in [2.75, 3.05) is 5.32 Å². The van der Waals surface area contributed by atoms with Crippen LogP contribution < -0.4 is 10.6 Å². The maximum atomic E-state index is 12.4. The molecule has 3 N–H and O–H groups in total. The quantitative estimate of drug-likeness (QED) is 0.596. The summed E-state index contributed by atoms with van der Waals surface area (Å²) in [6.45, 7) is 0. The van der Waals surface area contributed by atoms with Gasteiger partial charge in [-0.3, -0.25) is 10.1 Å². The number of amides is 1. The molecular weight excluding hydrogens is 274 g/mol. The van der Waals surface area contributed by atoms with Gasteiger partial charge in [-0.1, -0.05) is 36.4 Å². The lowest BCUT2D eigenvalue weighted by molar-refractivity contribution is -0.118. The third-order valence-corrected chi connectivity index (χ3v) is 4.74. The van der Waals surface area contributed by atoms with Crippen LogP contribution in [0.5, 0.6) is 0 Å². The van der Waals surface area contributed by atoms with Crippen LogP contribution in [0.1, 0.15) is 22.9 Å². The van der Waals surface area contributed by atoms with E-state index in [1.54, 1.807) is 0 Å². The van der Waals surface area contributed by atoms with Crippen molar-refractivity contribution in [1.82, 2.24) is 10.3 Å². The molecule has 5 rings (SSSR count). The Morgan fingerprint density at radius 3 is 2.77 bits per heavy atom. The molecule has 0 spiro atoms. The zero-order chi connectivity index (χ0) is 14.7. The Labute approximate surface area is 127 Å². The van der Waals surface area contributed by atoms with Gasteiger partial charge in [0.15, 0.2) is 0 Å². The van der Waals surface area contributed by atoms with Crippen molar-refractivity contribution in [2.45, 2.75) is 18.5 Å². The highest BCUT2D eigenvalue weighted by Crippen LogP contribution is 2.40. The van der Waals surface area contributed by atoms with Crippen LogP contribution in [-0.4, -0.2) is 16.9 Å². The Morgan fingerprint density at radius 2 is 1.82 bits per heavy atom. The summed E-state index contributed by atoms with van der Waals surface area (Å²) in [4.78, 5) is 15.9. The van der Waals surface area contributed by atoms with Crippen molar-refractivity contribution in [1.29, 1.82) is 0 Å². The number of hydrogen-bond acceptors (Lipinski definition) is 2. The van der Waals surface area contributed by atoms with E-state index in [0.29, 0.717) is 6.42 Å². The largest absolute Gasteiger partial charge is 0.358 e. The van der Waals surface area contributed by atoms with E-state index in [1.807, 2.05) is 24.3 Å². The number of rotatable bonds is 0. The number of H-pyrrole nitrogens is 1. The van der Waals surface area contributed by atoms with Crippen LogP contribution in [-0.2, 0) is 11.2 Å². The first kappa shape index (κ1) is 12.0. The average Bonchev–Trinajstić information content (AvgIpc) is 2.88. The third-order valence-electron chi connectivity index (χ3n) is 4.74. The van der Waals surface area contributed by atoms with E-state index >= 15 is 0 Å². The molecule has 1 amide bonds. The van der Waals surface area contributed by atoms with Crippen molar-refractivity contribution in [3.63, 3.8) is 0 Å². The monoisotopic (exact) mass is 289 g/mol. The number of nitrogens with one attached hydrogen (secondary N) is 3. The SMILES string of the molecule is O=C1Nc2ccccc2C2NC1Cc1[nH]c3ccccc3c12. The highest BCUT2D eigenvalue weighted by molar-refractivity contribution is 5.98. The molecule has 2 aromatic carbocycles. The van der Waals surface area contributed by atoms with Gasteiger partial charge in [-0.2, -0.15) is 0 Å². The van der Waals surface area contributed by atoms with Crippen molar-refractivity contribution < 1.29 is 4.79 Å². The second kappa shape index (κ2) is 4.21. The molecule has 2 unspecified atom stereocenters. The Balaban J connectivity index is 1.83. The van der Waals surface area contributed by atoms with Gasteiger partial charge in [-0.25, -0.2) is 0 Å². The van der Waals surface area contributed by atoms with Crippen LogP contribution in [0.15, 0.2) is 48.5 Å². The van der Waals surface area contributed by atoms with E-state index < -0.39 is 0 Å². The lowest BCUT2D eigenvalue weighted by atomic mass is 9.89. The van der Waals surface area contributed by atoms with Crippen molar-refractivity contribution in [3.8, 4) is 0 Å². The van der Waals surface area contributed by atoms with Crippen LogP contribution in [0.2, 0.25) is 0 Å². The molecule has 0 fully saturated rings. The van der Waals surface area contributed by atoms with E-state index in [0.717, 1.165) is 16.8 Å². The van der Waals surface area contributed by atoms with Gasteiger partial charge >= 0.3 is 0 Å². The van der Waals surface area contributed by atoms with Crippen LogP contribution in [0.25, 0.3) is 10.9 Å². The van der Waals surface area contributed by atoms with Gasteiger partial charge in [0.05, 0.1) is 12.1 Å². The van der Waals surface area contributed by atoms with Gasteiger partial charge in [-0.05, 0) is 17.7 Å². The van der Waals surface area contributed by atoms with Crippen LogP contribution in [0, 0.1) is 0 Å². The number of anilines is 1. The van der Waals surface area contributed by atoms with E-state index in [2.05, 4.69) is 39.9 Å². The summed E-state index contributed by atoms with van der Waals surface area (Å²) in [6.07, 6.45) is 0.695. The number of carbonyl (C=O) groups excluding carboxylic acids is 1. The Hall–Kier alpha value is -2.59. The zero-order valence-electron chi connectivity index (χ0n) is 11.9. The predicted molar refractivity (Wildman–Crippen MR) is 85.8 cm³/mol. The summed E-state index contributed by atoms with van der Waals surface area (Å²) < 4.78 is 0. The molecule has 3 aromatic rings. The number of aromatic amines is 1. The summed E-state index contributed by atoms with van der Waals surface area (Å²) in [5.41, 5.74) is 5.62. The molecule has 0 radical (unpaired) electrons. The molecule has 22 heavy (non-hydrogen) atoms. The maximum absolute atomic E-state index is 12.4. The van der Waals surface area contributed by atoms with Gasteiger partial charge in [0.1, 0.15) is 0 Å². The third kappa shape index (κ3) is 1.53. The molecule has 0 saturated carbocycles. The fraction of sp³-hybridized carbons (Fsp3) is 0.167. The first-order valence-electron chi connectivity index (χ1n) is 7.56. The molecule has 2 aliphatic rings. The van der Waals surface area contributed by atoms with E-state index in [4.69, 9.17) is 0 Å². The second-order valence-electron chi connectivity index (χ2n) is 6.00. The summed E-state index contributed by atoms with van der Waals surface area (Å²) in [5.74, 6) is 0.0410. The molecule has 4 heteroatoms. The molecule has 2 bridgehead atoms. The highest BCUT2D eigenvalue weighted by atomic mass is 16.2. The molecule has 3 heterocycles. The van der Waals surface area contributed by atoms with Crippen molar-refractivity contribution in [2.24, 2.45) is 0 Å². The number of aromatic nitrogens is 1. The molecular formula is C18H15N3O. The first-order valence-corrected chi connectivity index (χ1v) is 7.56. The standard InChI is InChI=1S/C18H15N3O/c22-18-15-9-14-16(10-5-1-3-7-12(10)19-14)17(20-15)11-6-2-4-8-13(11)21-18/h1-8,15,17,19-20H,9H2,(H,21,22). The molecule has 108 valence electrons. The van der Waals surface area contributed by atoms with Gasteiger partial charge in [-0.15, -0.1) is 0 Å². The molecule has 0 aliphatic carbocycles. The number of fused-ring (bicyclic) bond motifs is 8. The van der Waals surface area contributed by atoms with Gasteiger partial charge in [0, 0.05) is 34.3 Å². The first-order chi connectivity index (χ1) is 10.8. The van der Waals surface area contributed by atoms with Crippen LogP contribution >= 0.6 is 0 Å². The summed E-state index contributed by atoms with van der Waals surface area (Å²) in [6, 6.07) is 16.2. The number of benzene rings is 2. The van der Waals surface area contributed by atoms with E-state index in [1.165, 1.54) is 16.6 Å². The molecule has 0 saturated heterocycles. The summed E-state index contributed by atoms with van der Waals surface area (Å²) in [5, 5.41) is 7.81. The summed E-state index contributed by atoms with van der Waals surface area (Å²) >= 11 is 0. The number of carbonyl (C=O) groups is 1.